The average molecular weight is 215 g/mol. The second kappa shape index (κ2) is 8.72. The Kier molecular flexibility index (Phi) is 8.38. The Labute approximate surface area is 93.8 Å². The molecule has 1 unspecified atom stereocenters. The summed E-state index contributed by atoms with van der Waals surface area (Å²) in [4.78, 5) is 14.0. The molecule has 0 aliphatic heterocycles. The summed E-state index contributed by atoms with van der Waals surface area (Å²) in [6.45, 7) is 10.6. The normalized spacial score (nSPS) is 12.9. The molecule has 0 saturated heterocycles. The fraction of sp³-hybridized carbons (Fsp3) is 0.917. The van der Waals surface area contributed by atoms with Crippen LogP contribution in [0.5, 0.6) is 0 Å². The zero-order valence-electron chi connectivity index (χ0n) is 10.6. The van der Waals surface area contributed by atoms with Crippen molar-refractivity contribution in [1.29, 1.82) is 0 Å². The second-order valence-electron chi connectivity index (χ2n) is 3.69. The molecule has 0 aromatic heterocycles. The van der Waals surface area contributed by atoms with Gasteiger partial charge in [0.15, 0.2) is 0 Å². The van der Waals surface area contributed by atoms with Crippen molar-refractivity contribution in [3.63, 3.8) is 0 Å². The average Bonchev–Trinajstić information content (AvgIpc) is 2.23. The summed E-state index contributed by atoms with van der Waals surface area (Å²) in [6, 6.07) is -0.0418. The third kappa shape index (κ3) is 5.17. The van der Waals surface area contributed by atoms with Gasteiger partial charge in [-0.3, -0.25) is 9.69 Å². The first-order valence-corrected chi connectivity index (χ1v) is 6.11. The van der Waals surface area contributed by atoms with Gasteiger partial charge in [0.25, 0.3) is 0 Å². The molecular weight excluding hydrogens is 190 g/mol. The number of rotatable bonds is 8. The molecular formula is C12H25NO2. The standard InChI is InChI=1S/C12H25NO2/c1-5-9-11(12(14)15-8-4)13(7-3)10-6-2/h11H,5-10H2,1-4H3. The second-order valence-corrected chi connectivity index (χ2v) is 3.69. The first kappa shape index (κ1) is 14.4. The van der Waals surface area contributed by atoms with E-state index < -0.39 is 0 Å². The first-order valence-electron chi connectivity index (χ1n) is 6.11. The van der Waals surface area contributed by atoms with Crippen molar-refractivity contribution in [3.05, 3.63) is 0 Å². The van der Waals surface area contributed by atoms with Crippen molar-refractivity contribution in [3.8, 4) is 0 Å². The Morgan fingerprint density at radius 1 is 1.20 bits per heavy atom. The Balaban J connectivity index is 4.38. The van der Waals surface area contributed by atoms with Gasteiger partial charge in [-0.05, 0) is 32.9 Å². The molecule has 0 heterocycles. The summed E-state index contributed by atoms with van der Waals surface area (Å²) in [7, 11) is 0. The number of likely N-dealkylation sites (N-methyl/N-ethyl adjacent to an activating group) is 1. The number of hydrogen-bond donors (Lipinski definition) is 0. The van der Waals surface area contributed by atoms with E-state index in [4.69, 9.17) is 4.74 Å². The van der Waals surface area contributed by atoms with Gasteiger partial charge >= 0.3 is 5.97 Å². The number of carbonyl (C=O) groups excluding carboxylic acids is 1. The van der Waals surface area contributed by atoms with Gasteiger partial charge in [-0.25, -0.2) is 0 Å². The van der Waals surface area contributed by atoms with Crippen molar-refractivity contribution in [2.75, 3.05) is 19.7 Å². The van der Waals surface area contributed by atoms with Gasteiger partial charge in [0, 0.05) is 0 Å². The van der Waals surface area contributed by atoms with Crippen LogP contribution in [0.2, 0.25) is 0 Å². The molecule has 0 aromatic carbocycles. The van der Waals surface area contributed by atoms with E-state index in [2.05, 4.69) is 25.7 Å². The molecule has 1 atom stereocenters. The fourth-order valence-electron chi connectivity index (χ4n) is 1.78. The number of ether oxygens (including phenoxy) is 1. The van der Waals surface area contributed by atoms with E-state index in [1.165, 1.54) is 0 Å². The molecule has 0 fully saturated rings. The van der Waals surface area contributed by atoms with Crippen LogP contribution >= 0.6 is 0 Å². The lowest BCUT2D eigenvalue weighted by Gasteiger charge is -2.28. The predicted molar refractivity (Wildman–Crippen MR) is 62.9 cm³/mol. The van der Waals surface area contributed by atoms with E-state index in [-0.39, 0.29) is 12.0 Å². The Bertz CT molecular complexity index is 171. The molecule has 90 valence electrons. The Morgan fingerprint density at radius 3 is 2.27 bits per heavy atom. The van der Waals surface area contributed by atoms with Crippen LogP contribution in [-0.2, 0) is 9.53 Å². The van der Waals surface area contributed by atoms with E-state index in [9.17, 15) is 4.79 Å². The Morgan fingerprint density at radius 2 is 1.87 bits per heavy atom. The van der Waals surface area contributed by atoms with E-state index in [1.54, 1.807) is 0 Å². The maximum Gasteiger partial charge on any atom is 0.323 e. The van der Waals surface area contributed by atoms with Gasteiger partial charge in [0.1, 0.15) is 6.04 Å². The summed E-state index contributed by atoms with van der Waals surface area (Å²) in [5.74, 6) is -0.0605. The summed E-state index contributed by atoms with van der Waals surface area (Å²) >= 11 is 0. The largest absolute Gasteiger partial charge is 0.465 e. The third-order valence-electron chi connectivity index (χ3n) is 2.48. The Hall–Kier alpha value is -0.570. The molecule has 0 amide bonds. The van der Waals surface area contributed by atoms with Crippen molar-refractivity contribution in [2.24, 2.45) is 0 Å². The molecule has 3 heteroatoms. The monoisotopic (exact) mass is 215 g/mol. The van der Waals surface area contributed by atoms with Gasteiger partial charge in [0.2, 0.25) is 0 Å². The third-order valence-corrected chi connectivity index (χ3v) is 2.48. The summed E-state index contributed by atoms with van der Waals surface area (Å²) < 4.78 is 5.11. The van der Waals surface area contributed by atoms with Crippen molar-refractivity contribution < 1.29 is 9.53 Å². The number of esters is 1. The number of hydrogen-bond acceptors (Lipinski definition) is 3. The molecule has 0 spiro atoms. The van der Waals surface area contributed by atoms with E-state index >= 15 is 0 Å². The first-order chi connectivity index (χ1) is 7.21. The highest BCUT2D eigenvalue weighted by Gasteiger charge is 2.24. The minimum atomic E-state index is -0.0605. The number of carbonyl (C=O) groups is 1. The van der Waals surface area contributed by atoms with Crippen LogP contribution in [0.3, 0.4) is 0 Å². The maximum atomic E-state index is 11.7. The van der Waals surface area contributed by atoms with Crippen LogP contribution in [0.4, 0.5) is 0 Å². The summed E-state index contributed by atoms with van der Waals surface area (Å²) in [6.07, 6.45) is 2.99. The summed E-state index contributed by atoms with van der Waals surface area (Å²) in [5.41, 5.74) is 0. The van der Waals surface area contributed by atoms with Gasteiger partial charge in [-0.15, -0.1) is 0 Å². The molecule has 3 nitrogen and oxygen atoms in total. The van der Waals surface area contributed by atoms with Crippen molar-refractivity contribution in [1.82, 2.24) is 4.90 Å². The lowest BCUT2D eigenvalue weighted by Crippen LogP contribution is -2.42. The van der Waals surface area contributed by atoms with Crippen LogP contribution in [0.25, 0.3) is 0 Å². The van der Waals surface area contributed by atoms with Crippen LogP contribution in [0.1, 0.15) is 47.0 Å². The number of nitrogens with zero attached hydrogens (tertiary/aromatic N) is 1. The highest BCUT2D eigenvalue weighted by molar-refractivity contribution is 5.75. The zero-order chi connectivity index (χ0) is 11.7. The van der Waals surface area contributed by atoms with Crippen molar-refractivity contribution in [2.45, 2.75) is 53.0 Å². The quantitative estimate of drug-likeness (QED) is 0.582. The van der Waals surface area contributed by atoms with E-state index in [0.29, 0.717) is 6.61 Å². The van der Waals surface area contributed by atoms with Crippen LogP contribution in [0.15, 0.2) is 0 Å². The van der Waals surface area contributed by atoms with Crippen LogP contribution < -0.4 is 0 Å². The minimum absolute atomic E-state index is 0.0418. The molecule has 0 aromatic rings. The summed E-state index contributed by atoms with van der Waals surface area (Å²) in [5, 5.41) is 0. The van der Waals surface area contributed by atoms with Gasteiger partial charge in [0.05, 0.1) is 6.61 Å². The van der Waals surface area contributed by atoms with Gasteiger partial charge < -0.3 is 4.74 Å². The highest BCUT2D eigenvalue weighted by Crippen LogP contribution is 2.09. The van der Waals surface area contributed by atoms with Crippen LogP contribution in [0, 0.1) is 0 Å². The van der Waals surface area contributed by atoms with Gasteiger partial charge in [-0.2, -0.15) is 0 Å². The fourth-order valence-corrected chi connectivity index (χ4v) is 1.78. The predicted octanol–water partition coefficient (Wildman–Crippen LogP) is 2.45. The van der Waals surface area contributed by atoms with Crippen LogP contribution in [-0.4, -0.2) is 36.6 Å². The van der Waals surface area contributed by atoms with E-state index in [1.807, 2.05) is 6.92 Å². The smallest absolute Gasteiger partial charge is 0.323 e. The molecule has 0 saturated carbocycles. The topological polar surface area (TPSA) is 29.5 Å². The molecule has 0 aliphatic carbocycles. The van der Waals surface area contributed by atoms with E-state index in [0.717, 1.165) is 32.4 Å². The maximum absolute atomic E-state index is 11.7. The lowest BCUT2D eigenvalue weighted by molar-refractivity contribution is -0.149. The lowest BCUT2D eigenvalue weighted by atomic mass is 10.1. The zero-order valence-corrected chi connectivity index (χ0v) is 10.6. The van der Waals surface area contributed by atoms with Crippen molar-refractivity contribution >= 4 is 5.97 Å². The minimum Gasteiger partial charge on any atom is -0.465 e. The molecule has 15 heavy (non-hydrogen) atoms. The highest BCUT2D eigenvalue weighted by atomic mass is 16.5. The molecule has 0 radical (unpaired) electrons. The molecule has 0 aliphatic rings. The molecule has 0 bridgehead atoms. The molecule has 0 N–H and O–H groups in total. The SMILES string of the molecule is CCCC(C(=O)OCC)N(CC)CCC. The molecule has 0 rings (SSSR count). The van der Waals surface area contributed by atoms with Gasteiger partial charge in [-0.1, -0.05) is 27.2 Å².